The van der Waals surface area contributed by atoms with Crippen LogP contribution in [-0.4, -0.2) is 36.5 Å². The number of benzene rings is 2. The number of ether oxygens (including phenoxy) is 1. The molecule has 0 bridgehead atoms. The van der Waals surface area contributed by atoms with Gasteiger partial charge in [-0.3, -0.25) is 14.4 Å². The van der Waals surface area contributed by atoms with E-state index in [2.05, 4.69) is 10.6 Å². The summed E-state index contributed by atoms with van der Waals surface area (Å²) in [6.45, 7) is 1.25. The number of esters is 1. The Labute approximate surface area is 158 Å². The molecule has 0 heterocycles. The highest BCUT2D eigenvalue weighted by atomic mass is 16.5. The summed E-state index contributed by atoms with van der Waals surface area (Å²) < 4.78 is 5.11. The van der Waals surface area contributed by atoms with Crippen molar-refractivity contribution in [3.05, 3.63) is 48.0 Å². The van der Waals surface area contributed by atoms with Gasteiger partial charge in [0, 0.05) is 11.6 Å². The van der Waals surface area contributed by atoms with Crippen molar-refractivity contribution in [1.29, 1.82) is 0 Å². The molecule has 0 saturated heterocycles. The minimum atomic E-state index is -0.879. The van der Waals surface area contributed by atoms with Crippen molar-refractivity contribution in [2.45, 2.75) is 44.8 Å². The lowest BCUT2D eigenvalue weighted by Gasteiger charge is -2.17. The molecular formula is C21H24N2O4. The lowest BCUT2D eigenvalue weighted by Crippen LogP contribution is -2.42. The summed E-state index contributed by atoms with van der Waals surface area (Å²) in [5, 5.41) is 7.41. The third-order valence-corrected chi connectivity index (χ3v) is 4.78. The van der Waals surface area contributed by atoms with E-state index in [9.17, 15) is 14.4 Å². The van der Waals surface area contributed by atoms with Crippen LogP contribution in [-0.2, 0) is 14.3 Å². The first kappa shape index (κ1) is 18.9. The second kappa shape index (κ2) is 8.66. The summed E-state index contributed by atoms with van der Waals surface area (Å²) >= 11 is 0. The zero-order valence-corrected chi connectivity index (χ0v) is 15.4. The van der Waals surface area contributed by atoms with Gasteiger partial charge in [0.1, 0.15) is 6.54 Å². The van der Waals surface area contributed by atoms with Crippen molar-refractivity contribution in [2.75, 3.05) is 6.54 Å². The first-order valence-corrected chi connectivity index (χ1v) is 9.30. The second-order valence-electron chi connectivity index (χ2n) is 6.87. The third-order valence-electron chi connectivity index (χ3n) is 4.78. The molecule has 142 valence electrons. The molecule has 6 nitrogen and oxygen atoms in total. The fourth-order valence-electron chi connectivity index (χ4n) is 3.27. The molecule has 1 saturated carbocycles. The lowest BCUT2D eigenvalue weighted by atomic mass is 10.1. The minimum absolute atomic E-state index is 0.172. The summed E-state index contributed by atoms with van der Waals surface area (Å²) in [7, 11) is 0. The van der Waals surface area contributed by atoms with Crippen LogP contribution in [0.15, 0.2) is 42.5 Å². The van der Waals surface area contributed by atoms with Crippen LogP contribution >= 0.6 is 0 Å². The highest BCUT2D eigenvalue weighted by molar-refractivity contribution is 5.99. The van der Waals surface area contributed by atoms with Gasteiger partial charge < -0.3 is 15.4 Å². The van der Waals surface area contributed by atoms with Crippen LogP contribution in [0.5, 0.6) is 0 Å². The predicted molar refractivity (Wildman–Crippen MR) is 102 cm³/mol. The minimum Gasteiger partial charge on any atom is -0.451 e. The van der Waals surface area contributed by atoms with E-state index in [0.29, 0.717) is 5.56 Å². The van der Waals surface area contributed by atoms with Gasteiger partial charge in [-0.1, -0.05) is 43.2 Å². The normalized spacial score (nSPS) is 15.3. The third kappa shape index (κ3) is 5.06. The molecule has 2 aromatic rings. The fraction of sp³-hybridized carbons (Fsp3) is 0.381. The molecule has 2 aromatic carbocycles. The van der Waals surface area contributed by atoms with E-state index in [1.54, 1.807) is 12.1 Å². The van der Waals surface area contributed by atoms with E-state index in [1.165, 1.54) is 6.92 Å². The molecule has 0 spiro atoms. The number of rotatable bonds is 6. The Kier molecular flexibility index (Phi) is 6.06. The van der Waals surface area contributed by atoms with Gasteiger partial charge in [-0.25, -0.2) is 0 Å². The van der Waals surface area contributed by atoms with Crippen molar-refractivity contribution < 1.29 is 19.1 Å². The summed E-state index contributed by atoms with van der Waals surface area (Å²) in [6.07, 6.45) is 3.28. The first-order chi connectivity index (χ1) is 13.0. The quantitative estimate of drug-likeness (QED) is 0.768. The number of carbonyl (C=O) groups excluding carboxylic acids is 3. The molecule has 1 atom stereocenters. The topological polar surface area (TPSA) is 84.5 Å². The molecule has 0 aliphatic heterocycles. The Balaban J connectivity index is 1.47. The van der Waals surface area contributed by atoms with E-state index in [4.69, 9.17) is 4.74 Å². The van der Waals surface area contributed by atoms with Gasteiger partial charge in [-0.05, 0) is 42.7 Å². The molecule has 2 amide bonds. The van der Waals surface area contributed by atoms with Gasteiger partial charge in [-0.2, -0.15) is 0 Å². The lowest BCUT2D eigenvalue weighted by molar-refractivity contribution is -0.154. The number of carbonyl (C=O) groups is 3. The Hall–Kier alpha value is -2.89. The van der Waals surface area contributed by atoms with Crippen LogP contribution in [0.2, 0.25) is 0 Å². The van der Waals surface area contributed by atoms with Crippen molar-refractivity contribution in [1.82, 2.24) is 10.6 Å². The summed E-state index contributed by atoms with van der Waals surface area (Å²) in [4.78, 5) is 36.2. The van der Waals surface area contributed by atoms with Crippen LogP contribution in [0.3, 0.4) is 0 Å². The second-order valence-corrected chi connectivity index (χ2v) is 6.87. The van der Waals surface area contributed by atoms with Gasteiger partial charge in [0.25, 0.3) is 11.8 Å². The van der Waals surface area contributed by atoms with Crippen LogP contribution < -0.4 is 10.6 Å². The number of hydrogen-bond donors (Lipinski definition) is 2. The maximum atomic E-state index is 12.2. The van der Waals surface area contributed by atoms with Crippen LogP contribution in [0.1, 0.15) is 43.0 Å². The van der Waals surface area contributed by atoms with E-state index in [1.807, 2.05) is 30.3 Å². The highest BCUT2D eigenvalue weighted by Crippen LogP contribution is 2.18. The molecule has 0 radical (unpaired) electrons. The number of fused-ring (bicyclic) bond motifs is 1. The van der Waals surface area contributed by atoms with Gasteiger partial charge in [-0.15, -0.1) is 0 Å². The molecule has 0 aromatic heterocycles. The summed E-state index contributed by atoms with van der Waals surface area (Å²) in [5.74, 6) is -1.30. The van der Waals surface area contributed by atoms with Crippen molar-refractivity contribution in [2.24, 2.45) is 0 Å². The zero-order valence-electron chi connectivity index (χ0n) is 15.4. The average Bonchev–Trinajstić information content (AvgIpc) is 3.18. The van der Waals surface area contributed by atoms with Crippen LogP contribution in [0, 0.1) is 0 Å². The van der Waals surface area contributed by atoms with E-state index >= 15 is 0 Å². The van der Waals surface area contributed by atoms with E-state index in [0.717, 1.165) is 36.5 Å². The monoisotopic (exact) mass is 368 g/mol. The maximum absolute atomic E-state index is 12.2. The Morgan fingerprint density at radius 2 is 1.78 bits per heavy atom. The SMILES string of the molecule is CC(OC(=O)CNC(=O)c1ccc2ccccc2c1)C(=O)NC1CCCC1. The van der Waals surface area contributed by atoms with Gasteiger partial charge in [0.2, 0.25) is 0 Å². The molecular weight excluding hydrogens is 344 g/mol. The number of nitrogens with one attached hydrogen (secondary N) is 2. The van der Waals surface area contributed by atoms with Crippen molar-refractivity contribution in [3.63, 3.8) is 0 Å². The van der Waals surface area contributed by atoms with E-state index in [-0.39, 0.29) is 24.4 Å². The van der Waals surface area contributed by atoms with Crippen molar-refractivity contribution in [3.8, 4) is 0 Å². The number of hydrogen-bond acceptors (Lipinski definition) is 4. The Bertz CT molecular complexity index is 843. The maximum Gasteiger partial charge on any atom is 0.326 e. The smallest absolute Gasteiger partial charge is 0.326 e. The summed E-state index contributed by atoms with van der Waals surface area (Å²) in [6, 6.07) is 13.2. The fourth-order valence-corrected chi connectivity index (χ4v) is 3.27. The van der Waals surface area contributed by atoms with Gasteiger partial charge in [0.15, 0.2) is 6.10 Å². The molecule has 1 fully saturated rings. The van der Waals surface area contributed by atoms with Gasteiger partial charge >= 0.3 is 5.97 Å². The molecule has 6 heteroatoms. The zero-order chi connectivity index (χ0) is 19.2. The largest absolute Gasteiger partial charge is 0.451 e. The highest BCUT2D eigenvalue weighted by Gasteiger charge is 2.23. The predicted octanol–water partition coefficient (Wildman–Crippen LogP) is 2.56. The molecule has 1 unspecified atom stereocenters. The molecule has 27 heavy (non-hydrogen) atoms. The summed E-state index contributed by atoms with van der Waals surface area (Å²) in [5.41, 5.74) is 0.466. The number of amides is 2. The Morgan fingerprint density at radius 3 is 2.52 bits per heavy atom. The Morgan fingerprint density at radius 1 is 1.07 bits per heavy atom. The average molecular weight is 368 g/mol. The molecule has 1 aliphatic rings. The van der Waals surface area contributed by atoms with E-state index < -0.39 is 12.1 Å². The standard InChI is InChI=1S/C21H24N2O4/c1-14(20(25)23-18-8-4-5-9-18)27-19(24)13-22-21(26)17-11-10-15-6-2-3-7-16(15)12-17/h2-3,6-7,10-12,14,18H,4-5,8-9,13H2,1H3,(H,22,26)(H,23,25). The van der Waals surface area contributed by atoms with Crippen LogP contribution in [0.4, 0.5) is 0 Å². The van der Waals surface area contributed by atoms with Gasteiger partial charge in [0.05, 0.1) is 0 Å². The molecule has 1 aliphatic carbocycles. The van der Waals surface area contributed by atoms with Crippen LogP contribution in [0.25, 0.3) is 10.8 Å². The first-order valence-electron chi connectivity index (χ1n) is 9.30. The molecule has 2 N–H and O–H groups in total. The molecule has 3 rings (SSSR count). The van der Waals surface area contributed by atoms with Crippen molar-refractivity contribution >= 4 is 28.6 Å².